The molecule has 0 rings (SSSR count). The fourth-order valence-corrected chi connectivity index (χ4v) is 5.93. The summed E-state index contributed by atoms with van der Waals surface area (Å²) in [6, 6.07) is 0. The number of unbranched alkanes of at least 4 members (excludes halogenated alkanes) is 23. The van der Waals surface area contributed by atoms with E-state index >= 15 is 0 Å². The van der Waals surface area contributed by atoms with E-state index in [0.29, 0.717) is 0 Å². The van der Waals surface area contributed by atoms with Crippen LogP contribution in [0.4, 0.5) is 0 Å². The summed E-state index contributed by atoms with van der Waals surface area (Å²) in [5, 5.41) is 8.74. The highest BCUT2D eigenvalue weighted by molar-refractivity contribution is 8.00. The predicted molar refractivity (Wildman–Crippen MR) is 171 cm³/mol. The quantitative estimate of drug-likeness (QED) is 0.0512. The van der Waals surface area contributed by atoms with Gasteiger partial charge in [-0.3, -0.25) is 9.59 Å². The van der Waals surface area contributed by atoms with Gasteiger partial charge in [-0.1, -0.05) is 155 Å². The molecule has 39 heavy (non-hydrogen) atoms. The third-order valence-corrected chi connectivity index (χ3v) is 8.76. The first kappa shape index (κ1) is 38.0. The Bertz CT molecular complexity index is 563. The third kappa shape index (κ3) is 29.8. The van der Waals surface area contributed by atoms with Crippen LogP contribution in [-0.2, 0) is 14.3 Å². The van der Waals surface area contributed by atoms with Gasteiger partial charge in [0.1, 0.15) is 5.25 Å². The Morgan fingerprint density at radius 1 is 0.615 bits per heavy atom. The molecule has 1 N–H and O–H groups in total. The molecule has 0 aliphatic carbocycles. The number of carbonyl (C=O) groups is 2. The number of aliphatic carboxylic acids is 1. The van der Waals surface area contributed by atoms with Crippen molar-refractivity contribution in [1.29, 1.82) is 0 Å². The molecular formula is C34H64O4S. The molecule has 0 amide bonds. The van der Waals surface area contributed by atoms with Crippen LogP contribution >= 0.6 is 11.8 Å². The van der Waals surface area contributed by atoms with Crippen molar-refractivity contribution < 1.29 is 19.4 Å². The van der Waals surface area contributed by atoms with Gasteiger partial charge in [0, 0.05) is 0 Å². The number of rotatable bonds is 31. The van der Waals surface area contributed by atoms with E-state index in [4.69, 9.17) is 4.74 Å². The highest BCUT2D eigenvalue weighted by Crippen LogP contribution is 2.19. The fourth-order valence-electron chi connectivity index (χ4n) is 4.88. The molecule has 0 aromatic rings. The molecular weight excluding hydrogens is 504 g/mol. The van der Waals surface area contributed by atoms with Gasteiger partial charge >= 0.3 is 11.9 Å². The number of hydrogen-bond acceptors (Lipinski definition) is 4. The van der Waals surface area contributed by atoms with Gasteiger partial charge in [0.15, 0.2) is 0 Å². The summed E-state index contributed by atoms with van der Waals surface area (Å²) in [6.07, 6.45) is 35.7. The first-order chi connectivity index (χ1) is 19.1. The molecule has 230 valence electrons. The highest BCUT2D eigenvalue weighted by Gasteiger charge is 2.22. The van der Waals surface area contributed by atoms with E-state index in [2.05, 4.69) is 13.8 Å². The van der Waals surface area contributed by atoms with E-state index in [1.165, 1.54) is 153 Å². The zero-order valence-electron chi connectivity index (χ0n) is 25.9. The molecule has 0 aromatic carbocycles. The van der Waals surface area contributed by atoms with Crippen molar-refractivity contribution in [3.63, 3.8) is 0 Å². The van der Waals surface area contributed by atoms with Gasteiger partial charge in [-0.25, -0.2) is 0 Å². The van der Waals surface area contributed by atoms with Gasteiger partial charge in [-0.2, -0.15) is 0 Å². The second-order valence-corrected chi connectivity index (χ2v) is 12.6. The Labute approximate surface area is 246 Å². The molecule has 0 saturated carbocycles. The minimum Gasteiger partial charge on any atom is -0.480 e. The topological polar surface area (TPSA) is 63.6 Å². The van der Waals surface area contributed by atoms with Crippen molar-refractivity contribution in [3.8, 4) is 0 Å². The van der Waals surface area contributed by atoms with Gasteiger partial charge < -0.3 is 9.84 Å². The monoisotopic (exact) mass is 568 g/mol. The van der Waals surface area contributed by atoms with Crippen molar-refractivity contribution in [2.24, 2.45) is 0 Å². The summed E-state index contributed by atoms with van der Waals surface area (Å²) in [7, 11) is 0. The maximum Gasteiger partial charge on any atom is 0.317 e. The molecule has 0 radical (unpaired) electrons. The van der Waals surface area contributed by atoms with Crippen LogP contribution in [0, 0.1) is 0 Å². The zero-order valence-corrected chi connectivity index (χ0v) is 26.7. The first-order valence-electron chi connectivity index (χ1n) is 16.8. The van der Waals surface area contributed by atoms with E-state index in [9.17, 15) is 14.7 Å². The lowest BCUT2D eigenvalue weighted by Gasteiger charge is -2.10. The molecule has 0 spiro atoms. The number of carboxylic acid groups (broad SMARTS) is 1. The van der Waals surface area contributed by atoms with Crippen LogP contribution in [0.15, 0.2) is 12.3 Å². The van der Waals surface area contributed by atoms with Gasteiger partial charge in [-0.15, -0.1) is 11.8 Å². The lowest BCUT2D eigenvalue weighted by Crippen LogP contribution is -2.21. The van der Waals surface area contributed by atoms with Gasteiger partial charge in [0.25, 0.3) is 0 Å². The Kier molecular flexibility index (Phi) is 30.8. The summed E-state index contributed by atoms with van der Waals surface area (Å²) >= 11 is 1.38. The molecule has 0 aromatic heterocycles. The minimum absolute atomic E-state index is 0.0685. The van der Waals surface area contributed by atoms with Crippen LogP contribution < -0.4 is 0 Å². The molecule has 0 bridgehead atoms. The number of hydrogen-bond donors (Lipinski definition) is 1. The largest absolute Gasteiger partial charge is 0.480 e. The van der Waals surface area contributed by atoms with Crippen LogP contribution in [0.25, 0.3) is 0 Å². The lowest BCUT2D eigenvalue weighted by atomic mass is 10.0. The highest BCUT2D eigenvalue weighted by atomic mass is 32.2. The van der Waals surface area contributed by atoms with Gasteiger partial charge in [-0.05, 0) is 31.1 Å². The standard InChI is InChI=1S/C34H64O4S/c1-3-5-7-9-11-13-15-16-17-18-19-20-21-23-25-27-29-38-33(35)31-32(34(36)37)39-30-28-26-24-22-14-12-10-8-6-4-2/h27,29,32H,3-26,28,30-31H2,1-2H3,(H,36,37). The van der Waals surface area contributed by atoms with Crippen LogP contribution in [0.5, 0.6) is 0 Å². The SMILES string of the molecule is CCCCCCCCCCCCCCCCC=COC(=O)CC(SCCCCCCCCCCCC)C(=O)O. The number of thioether (sulfide) groups is 1. The van der Waals surface area contributed by atoms with Crippen molar-refractivity contribution >= 4 is 23.7 Å². The Balaban J connectivity index is 3.59. The summed E-state index contributed by atoms with van der Waals surface area (Å²) in [4.78, 5) is 23.6. The van der Waals surface area contributed by atoms with Crippen molar-refractivity contribution in [2.45, 2.75) is 186 Å². The minimum atomic E-state index is -0.921. The summed E-state index contributed by atoms with van der Waals surface area (Å²) in [5.41, 5.74) is 0. The van der Waals surface area contributed by atoms with Crippen molar-refractivity contribution in [3.05, 3.63) is 12.3 Å². The molecule has 0 fully saturated rings. The number of esters is 1. The van der Waals surface area contributed by atoms with Gasteiger partial charge in [0.05, 0.1) is 12.7 Å². The molecule has 0 heterocycles. The average molecular weight is 569 g/mol. The fraction of sp³-hybridized carbons (Fsp3) is 0.882. The second kappa shape index (κ2) is 31.6. The number of ether oxygens (including phenoxy) is 1. The number of allylic oxidation sites excluding steroid dienone is 1. The molecule has 4 nitrogen and oxygen atoms in total. The average Bonchev–Trinajstić information content (AvgIpc) is 2.92. The predicted octanol–water partition coefficient (Wildman–Crippen LogP) is 11.4. The van der Waals surface area contributed by atoms with Gasteiger partial charge in [0.2, 0.25) is 0 Å². The van der Waals surface area contributed by atoms with E-state index in [-0.39, 0.29) is 6.42 Å². The molecule has 5 heteroatoms. The summed E-state index contributed by atoms with van der Waals surface area (Å²) in [6.45, 7) is 4.52. The van der Waals surface area contributed by atoms with Crippen LogP contribution in [0.3, 0.4) is 0 Å². The van der Waals surface area contributed by atoms with Crippen LogP contribution in [0.2, 0.25) is 0 Å². The first-order valence-corrected chi connectivity index (χ1v) is 17.9. The van der Waals surface area contributed by atoms with E-state index < -0.39 is 17.2 Å². The van der Waals surface area contributed by atoms with E-state index in [1.807, 2.05) is 6.08 Å². The zero-order chi connectivity index (χ0) is 28.7. The third-order valence-electron chi connectivity index (χ3n) is 7.46. The Hall–Kier alpha value is -0.970. The van der Waals surface area contributed by atoms with Crippen molar-refractivity contribution in [2.75, 3.05) is 5.75 Å². The number of carboxylic acids is 1. The summed E-state index contributed by atoms with van der Waals surface area (Å²) in [5.74, 6) is -0.582. The normalized spacial score (nSPS) is 12.3. The maximum absolute atomic E-state index is 12.1. The maximum atomic E-state index is 12.1. The smallest absolute Gasteiger partial charge is 0.317 e. The second-order valence-electron chi connectivity index (χ2n) is 11.3. The Morgan fingerprint density at radius 2 is 1.00 bits per heavy atom. The molecule has 0 aliphatic heterocycles. The Morgan fingerprint density at radius 3 is 1.41 bits per heavy atom. The molecule has 1 atom stereocenters. The molecule has 1 unspecified atom stereocenters. The molecule has 0 saturated heterocycles. The summed E-state index contributed by atoms with van der Waals surface area (Å²) < 4.78 is 5.15. The van der Waals surface area contributed by atoms with E-state index in [0.717, 1.165) is 31.4 Å². The lowest BCUT2D eigenvalue weighted by molar-refractivity contribution is -0.143. The van der Waals surface area contributed by atoms with E-state index in [1.54, 1.807) is 0 Å². The number of carbonyl (C=O) groups excluding carboxylic acids is 1. The van der Waals surface area contributed by atoms with Crippen molar-refractivity contribution in [1.82, 2.24) is 0 Å². The molecule has 0 aliphatic rings. The van der Waals surface area contributed by atoms with Crippen LogP contribution in [0.1, 0.15) is 181 Å². The van der Waals surface area contributed by atoms with Crippen LogP contribution in [-0.4, -0.2) is 28.0 Å².